The van der Waals surface area contributed by atoms with Gasteiger partial charge in [-0.05, 0) is 97.4 Å². The molecular formula is C40H65N3O2. The summed E-state index contributed by atoms with van der Waals surface area (Å²) in [5.74, 6) is 1.12. The summed E-state index contributed by atoms with van der Waals surface area (Å²) < 4.78 is 0. The maximum Gasteiger partial charge on any atom is 0.230 e. The average Bonchev–Trinajstić information content (AvgIpc) is 3.58. The van der Waals surface area contributed by atoms with E-state index in [0.29, 0.717) is 11.6 Å². The summed E-state index contributed by atoms with van der Waals surface area (Å²) in [5, 5.41) is 1.10. The number of aryl methyl sites for hydroxylation is 1. The third kappa shape index (κ3) is 9.47. The van der Waals surface area contributed by atoms with Gasteiger partial charge in [-0.25, -0.2) is 0 Å². The van der Waals surface area contributed by atoms with Crippen molar-refractivity contribution in [2.75, 3.05) is 17.2 Å². The predicted molar refractivity (Wildman–Crippen MR) is 198 cm³/mol. The van der Waals surface area contributed by atoms with Gasteiger partial charge in [-0.15, -0.1) is 0 Å². The highest BCUT2D eigenvalue weighted by atomic mass is 16.2. The van der Waals surface area contributed by atoms with Gasteiger partial charge in [-0.2, -0.15) is 0 Å². The molecule has 1 amide bonds. The van der Waals surface area contributed by atoms with Crippen LogP contribution in [-0.4, -0.2) is 23.2 Å². The minimum Gasteiger partial charge on any atom is -0.399 e. The molecule has 0 radical (unpaired) electrons. The maximum absolute atomic E-state index is 13.1. The van der Waals surface area contributed by atoms with Gasteiger partial charge in [-0.3, -0.25) is 9.59 Å². The van der Waals surface area contributed by atoms with Crippen LogP contribution in [0.2, 0.25) is 0 Å². The largest absolute Gasteiger partial charge is 0.399 e. The normalized spacial score (nSPS) is 16.8. The molecule has 0 spiro atoms. The van der Waals surface area contributed by atoms with E-state index in [1.54, 1.807) is 0 Å². The summed E-state index contributed by atoms with van der Waals surface area (Å²) in [5.41, 5.74) is 14.9. The second-order valence-corrected chi connectivity index (χ2v) is 12.8. The van der Waals surface area contributed by atoms with Gasteiger partial charge in [0.2, 0.25) is 5.91 Å². The molecule has 1 aliphatic carbocycles. The fourth-order valence-corrected chi connectivity index (χ4v) is 6.09. The second-order valence-electron chi connectivity index (χ2n) is 12.8. The number of nitrogens with zero attached hydrogens (tertiary/aromatic N) is 1. The van der Waals surface area contributed by atoms with E-state index in [1.165, 1.54) is 28.7 Å². The van der Waals surface area contributed by atoms with Crippen molar-refractivity contribution in [2.45, 2.75) is 129 Å². The van der Waals surface area contributed by atoms with E-state index in [0.717, 1.165) is 54.5 Å². The molecule has 5 heteroatoms. The van der Waals surface area contributed by atoms with Crippen molar-refractivity contribution in [3.05, 3.63) is 58.3 Å². The number of rotatable bonds is 6. The van der Waals surface area contributed by atoms with Crippen LogP contribution in [0, 0.1) is 37.0 Å². The zero-order valence-electron chi connectivity index (χ0n) is 31.2. The minimum atomic E-state index is 0.0217. The van der Waals surface area contributed by atoms with Crippen molar-refractivity contribution in [1.82, 2.24) is 4.98 Å². The number of fused-ring (bicyclic) bond motifs is 3. The van der Waals surface area contributed by atoms with Crippen molar-refractivity contribution >= 4 is 34.0 Å². The van der Waals surface area contributed by atoms with Crippen LogP contribution in [0.15, 0.2) is 30.3 Å². The highest BCUT2D eigenvalue weighted by Crippen LogP contribution is 2.52. The molecule has 252 valence electrons. The van der Waals surface area contributed by atoms with E-state index >= 15 is 0 Å². The Labute approximate surface area is 275 Å². The Morgan fingerprint density at radius 1 is 1.00 bits per heavy atom. The van der Waals surface area contributed by atoms with Crippen LogP contribution >= 0.6 is 0 Å². The number of anilines is 2. The Morgan fingerprint density at radius 3 is 2.16 bits per heavy atom. The van der Waals surface area contributed by atoms with Gasteiger partial charge in [0.25, 0.3) is 0 Å². The number of hydrogen-bond donors (Lipinski definition) is 2. The topological polar surface area (TPSA) is 79.2 Å². The third-order valence-electron chi connectivity index (χ3n) is 8.95. The smallest absolute Gasteiger partial charge is 0.230 e. The molecule has 3 aromatic rings. The lowest BCUT2D eigenvalue weighted by Gasteiger charge is -2.21. The first-order chi connectivity index (χ1) is 21.4. The standard InChI is InChI=1S/C23H30N2O2.C11H17N.3C2H6/c1-6-13(2)21(26)19-12-15-14-9-10-25(20(14)8-7-18(15)24-19)22(27)16-11-17(16)23(3,4)5;1-4-5-10-8(2)6-7-11(12)9(10)3;3*1-2/h7-8,12-13,16-17,24H,6,9-11H2,1-5H3;6-7H,4-5,12H2,1-3H3;3*1-2H3. The zero-order valence-corrected chi connectivity index (χ0v) is 31.2. The van der Waals surface area contributed by atoms with E-state index in [1.807, 2.05) is 84.6 Å². The van der Waals surface area contributed by atoms with Gasteiger partial charge in [-0.1, -0.05) is 95.6 Å². The minimum absolute atomic E-state index is 0.0217. The van der Waals surface area contributed by atoms with Crippen LogP contribution in [0.4, 0.5) is 11.4 Å². The SMILES string of the molecule is CC.CC.CC.CCC(C)C(=O)c1cc2c3c(ccc2[nH]1)N(C(=O)C1CC1C(C)(C)C)CC3.CCCc1c(C)ccc(N)c1C. The molecule has 5 rings (SSSR count). The molecule has 2 heterocycles. The lowest BCUT2D eigenvalue weighted by Crippen LogP contribution is -2.31. The molecule has 2 aromatic carbocycles. The molecule has 3 atom stereocenters. The number of Topliss-reactive ketones (excluding diaryl/α,β-unsaturated/α-hetero) is 1. The van der Waals surface area contributed by atoms with E-state index in [2.05, 4.69) is 52.6 Å². The lowest BCUT2D eigenvalue weighted by atomic mass is 9.89. The molecule has 1 saturated carbocycles. The van der Waals surface area contributed by atoms with Crippen LogP contribution in [0.1, 0.15) is 135 Å². The summed E-state index contributed by atoms with van der Waals surface area (Å²) >= 11 is 0. The van der Waals surface area contributed by atoms with Gasteiger partial charge < -0.3 is 15.6 Å². The average molecular weight is 620 g/mol. The predicted octanol–water partition coefficient (Wildman–Crippen LogP) is 10.9. The van der Waals surface area contributed by atoms with Gasteiger partial charge in [0, 0.05) is 40.7 Å². The summed E-state index contributed by atoms with van der Waals surface area (Å²) in [6.45, 7) is 29.9. The molecule has 3 unspecified atom stereocenters. The number of benzene rings is 2. The molecule has 45 heavy (non-hydrogen) atoms. The molecule has 3 N–H and O–H groups in total. The number of carbonyl (C=O) groups is 2. The van der Waals surface area contributed by atoms with Gasteiger partial charge in [0.15, 0.2) is 5.78 Å². The molecular weight excluding hydrogens is 554 g/mol. The van der Waals surface area contributed by atoms with E-state index < -0.39 is 0 Å². The number of aromatic amines is 1. The number of aromatic nitrogens is 1. The highest BCUT2D eigenvalue weighted by Gasteiger charge is 2.51. The molecule has 5 nitrogen and oxygen atoms in total. The highest BCUT2D eigenvalue weighted by molar-refractivity contribution is 6.05. The van der Waals surface area contributed by atoms with Crippen molar-refractivity contribution in [3.63, 3.8) is 0 Å². The first-order valence-electron chi connectivity index (χ1n) is 17.7. The lowest BCUT2D eigenvalue weighted by molar-refractivity contribution is -0.120. The summed E-state index contributed by atoms with van der Waals surface area (Å²) in [6, 6.07) is 10.1. The number of nitrogens with one attached hydrogen (secondary N) is 1. The third-order valence-corrected chi connectivity index (χ3v) is 8.95. The number of H-pyrrole nitrogens is 1. The quantitative estimate of drug-likeness (QED) is 0.213. The fourth-order valence-electron chi connectivity index (χ4n) is 6.09. The number of ketones is 1. The number of hydrogen-bond acceptors (Lipinski definition) is 3. The van der Waals surface area contributed by atoms with Crippen LogP contribution in [-0.2, 0) is 17.6 Å². The number of amides is 1. The van der Waals surface area contributed by atoms with Gasteiger partial charge >= 0.3 is 0 Å². The summed E-state index contributed by atoms with van der Waals surface area (Å²) in [4.78, 5) is 30.9. The molecule has 1 aromatic heterocycles. The Hall–Kier alpha value is -3.08. The van der Waals surface area contributed by atoms with Gasteiger partial charge in [0.05, 0.1) is 5.69 Å². The van der Waals surface area contributed by atoms with E-state index in [9.17, 15) is 9.59 Å². The Kier molecular flexibility index (Phi) is 16.1. The van der Waals surface area contributed by atoms with Crippen LogP contribution in [0.25, 0.3) is 10.9 Å². The van der Waals surface area contributed by atoms with Crippen LogP contribution in [0.3, 0.4) is 0 Å². The maximum atomic E-state index is 13.1. The fraction of sp³-hybridized carbons (Fsp3) is 0.600. The first-order valence-corrected chi connectivity index (χ1v) is 17.7. The zero-order chi connectivity index (χ0) is 34.6. The van der Waals surface area contributed by atoms with Crippen molar-refractivity contribution in [2.24, 2.45) is 23.2 Å². The Balaban J connectivity index is 0.000000473. The second kappa shape index (κ2) is 18.2. The number of carbonyl (C=O) groups excluding carboxylic acids is 2. The summed E-state index contributed by atoms with van der Waals surface area (Å²) in [6.07, 6.45) is 5.03. The van der Waals surface area contributed by atoms with E-state index in [4.69, 9.17) is 5.73 Å². The first kappa shape index (κ1) is 39.9. The Bertz CT molecular complexity index is 1380. The van der Waals surface area contributed by atoms with Crippen molar-refractivity contribution in [1.29, 1.82) is 0 Å². The molecule has 2 aliphatic rings. The Morgan fingerprint density at radius 2 is 1.62 bits per heavy atom. The number of nitrogens with two attached hydrogens (primary N) is 1. The summed E-state index contributed by atoms with van der Waals surface area (Å²) in [7, 11) is 0. The van der Waals surface area contributed by atoms with E-state index in [-0.39, 0.29) is 28.9 Å². The monoisotopic (exact) mass is 620 g/mol. The van der Waals surface area contributed by atoms with Crippen LogP contribution in [0.5, 0.6) is 0 Å². The molecule has 1 fully saturated rings. The van der Waals surface area contributed by atoms with Crippen LogP contribution < -0.4 is 10.6 Å². The molecule has 1 aliphatic heterocycles. The van der Waals surface area contributed by atoms with Crippen molar-refractivity contribution in [3.8, 4) is 0 Å². The molecule has 0 saturated heterocycles. The molecule has 0 bridgehead atoms. The number of nitrogen functional groups attached to an aromatic ring is 1. The van der Waals surface area contributed by atoms with Gasteiger partial charge in [0.1, 0.15) is 0 Å². The van der Waals surface area contributed by atoms with Crippen molar-refractivity contribution < 1.29 is 9.59 Å².